The van der Waals surface area contributed by atoms with E-state index in [4.69, 9.17) is 4.74 Å². The Labute approximate surface area is 211 Å². The number of phenols is 1. The number of benzene rings is 2. The maximum atomic E-state index is 13.3. The number of aliphatic hydroxyl groups is 1. The number of nitrogens with zero attached hydrogens (tertiary/aromatic N) is 2. The summed E-state index contributed by atoms with van der Waals surface area (Å²) in [6, 6.07) is 14.1. The van der Waals surface area contributed by atoms with Gasteiger partial charge in [0.25, 0.3) is 5.91 Å². The van der Waals surface area contributed by atoms with E-state index in [9.17, 15) is 24.6 Å². The molecular weight excluding hydrogens is 480 g/mol. The molecule has 1 unspecified atom stereocenters. The number of amides is 1. The molecule has 0 bridgehead atoms. The molecule has 2 N–H and O–H groups in total. The Morgan fingerprint density at radius 2 is 1.92 bits per heavy atom. The lowest BCUT2D eigenvalue weighted by molar-refractivity contribution is -0.117. The van der Waals surface area contributed by atoms with Gasteiger partial charge in [0.1, 0.15) is 17.2 Å². The number of aromatic nitrogens is 1. The molecule has 1 aliphatic rings. The molecule has 1 aromatic heterocycles. The number of phenolic OH excluding ortho intramolecular Hbond substituents is 1. The van der Waals surface area contributed by atoms with E-state index < -0.39 is 29.5 Å². The highest BCUT2D eigenvalue weighted by Gasteiger charge is 2.45. The van der Waals surface area contributed by atoms with Crippen LogP contribution in [0.3, 0.4) is 0 Å². The number of hydrogen-bond acceptors (Lipinski definition) is 8. The molecule has 9 heteroatoms. The first-order valence-electron chi connectivity index (χ1n) is 10.9. The monoisotopic (exact) mass is 502 g/mol. The van der Waals surface area contributed by atoms with Gasteiger partial charge in [-0.25, -0.2) is 9.78 Å². The topological polar surface area (TPSA) is 117 Å². The Balaban J connectivity index is 1.77. The van der Waals surface area contributed by atoms with Gasteiger partial charge >= 0.3 is 5.97 Å². The van der Waals surface area contributed by atoms with E-state index in [0.717, 1.165) is 21.8 Å². The van der Waals surface area contributed by atoms with Crippen molar-refractivity contribution in [3.63, 3.8) is 0 Å². The normalized spacial score (nSPS) is 15.5. The Hall–Kier alpha value is -4.50. The second-order valence-corrected chi connectivity index (χ2v) is 8.82. The van der Waals surface area contributed by atoms with E-state index >= 15 is 0 Å². The Kier molecular flexibility index (Phi) is 7.12. The van der Waals surface area contributed by atoms with E-state index in [2.05, 4.69) is 11.6 Å². The number of aryl methyl sites for hydroxylation is 1. The van der Waals surface area contributed by atoms with Crippen LogP contribution in [-0.4, -0.2) is 39.5 Å². The average molecular weight is 503 g/mol. The number of rotatable bonds is 8. The molecule has 0 fully saturated rings. The lowest BCUT2D eigenvalue weighted by atomic mass is 9.95. The molecule has 0 saturated heterocycles. The van der Waals surface area contributed by atoms with Crippen LogP contribution in [0.15, 0.2) is 84.7 Å². The first kappa shape index (κ1) is 24.6. The lowest BCUT2D eigenvalue weighted by Gasteiger charge is -2.24. The molecule has 0 saturated carbocycles. The van der Waals surface area contributed by atoms with Crippen LogP contribution in [-0.2, 0) is 14.3 Å². The number of anilines is 1. The van der Waals surface area contributed by atoms with Crippen molar-refractivity contribution >= 4 is 40.2 Å². The summed E-state index contributed by atoms with van der Waals surface area (Å²) in [5, 5.41) is 21.0. The van der Waals surface area contributed by atoms with Gasteiger partial charge in [-0.1, -0.05) is 72.5 Å². The molecule has 0 radical (unpaired) electrons. The second-order valence-electron chi connectivity index (χ2n) is 7.84. The standard InChI is InChI=1S/C27H22N2O6S/c1-3-14-35-26(34)24-16(2)28-27(36-24)29-22(18-10-7-11-19(30)15-18)21(23(32)25(29)33)20(31)13-12-17-8-5-4-6-9-17/h3-13,15,22,30,32H,1,14H2,2H3. The molecular formula is C27H22N2O6S. The van der Waals surface area contributed by atoms with Crippen LogP contribution in [0.5, 0.6) is 5.75 Å². The zero-order valence-corrected chi connectivity index (χ0v) is 20.1. The number of carbonyl (C=O) groups is 3. The lowest BCUT2D eigenvalue weighted by Crippen LogP contribution is -2.30. The van der Waals surface area contributed by atoms with E-state index in [-0.39, 0.29) is 27.9 Å². The largest absolute Gasteiger partial charge is 0.508 e. The fourth-order valence-electron chi connectivity index (χ4n) is 3.77. The van der Waals surface area contributed by atoms with Gasteiger partial charge in [-0.15, -0.1) is 0 Å². The number of carbonyl (C=O) groups excluding carboxylic acids is 3. The van der Waals surface area contributed by atoms with Crippen molar-refractivity contribution in [2.75, 3.05) is 11.5 Å². The maximum absolute atomic E-state index is 13.3. The van der Waals surface area contributed by atoms with Gasteiger partial charge in [-0.2, -0.15) is 0 Å². The molecule has 1 aliphatic heterocycles. The minimum atomic E-state index is -1.08. The number of hydrogen-bond donors (Lipinski definition) is 2. The van der Waals surface area contributed by atoms with Crippen LogP contribution in [0.2, 0.25) is 0 Å². The molecule has 3 aromatic rings. The van der Waals surface area contributed by atoms with Gasteiger partial charge in [0.15, 0.2) is 16.7 Å². The predicted molar refractivity (Wildman–Crippen MR) is 136 cm³/mol. The summed E-state index contributed by atoms with van der Waals surface area (Å²) in [6.45, 7) is 5.11. The quantitative estimate of drug-likeness (QED) is 0.261. The van der Waals surface area contributed by atoms with Crippen molar-refractivity contribution in [1.29, 1.82) is 0 Å². The van der Waals surface area contributed by atoms with Gasteiger partial charge in [-0.05, 0) is 36.3 Å². The van der Waals surface area contributed by atoms with Crippen molar-refractivity contribution < 1.29 is 29.3 Å². The summed E-state index contributed by atoms with van der Waals surface area (Å²) >= 11 is 0.903. The third kappa shape index (κ3) is 4.82. The summed E-state index contributed by atoms with van der Waals surface area (Å²) in [5.74, 6) is -2.87. The summed E-state index contributed by atoms with van der Waals surface area (Å²) in [5.41, 5.74) is 1.31. The number of allylic oxidation sites excluding steroid dienone is 1. The number of thiazole rings is 1. The first-order chi connectivity index (χ1) is 17.3. The summed E-state index contributed by atoms with van der Waals surface area (Å²) in [4.78, 5) is 44.6. The third-order valence-corrected chi connectivity index (χ3v) is 6.53. The molecule has 2 heterocycles. The van der Waals surface area contributed by atoms with Crippen LogP contribution in [0, 0.1) is 6.92 Å². The molecule has 1 amide bonds. The maximum Gasteiger partial charge on any atom is 0.350 e. The van der Waals surface area contributed by atoms with Crippen molar-refractivity contribution in [3.8, 4) is 5.75 Å². The highest BCUT2D eigenvalue weighted by atomic mass is 32.1. The predicted octanol–water partition coefficient (Wildman–Crippen LogP) is 4.68. The van der Waals surface area contributed by atoms with E-state index in [1.807, 2.05) is 30.3 Å². The Morgan fingerprint density at radius 3 is 2.61 bits per heavy atom. The van der Waals surface area contributed by atoms with E-state index in [1.165, 1.54) is 24.3 Å². The highest BCUT2D eigenvalue weighted by Crippen LogP contribution is 2.43. The molecule has 2 aromatic carbocycles. The number of esters is 1. The van der Waals surface area contributed by atoms with Crippen molar-refractivity contribution in [3.05, 3.63) is 106 Å². The number of ether oxygens (including phenoxy) is 1. The molecule has 0 spiro atoms. The minimum Gasteiger partial charge on any atom is -0.508 e. The molecule has 36 heavy (non-hydrogen) atoms. The van der Waals surface area contributed by atoms with Crippen molar-refractivity contribution in [2.24, 2.45) is 0 Å². The second kappa shape index (κ2) is 10.4. The van der Waals surface area contributed by atoms with Crippen LogP contribution in [0.25, 0.3) is 6.08 Å². The average Bonchev–Trinajstić information content (AvgIpc) is 3.38. The van der Waals surface area contributed by atoms with Gasteiger partial charge in [0, 0.05) is 0 Å². The minimum absolute atomic E-state index is 0.00874. The van der Waals surface area contributed by atoms with Gasteiger partial charge in [0.2, 0.25) is 0 Å². The molecule has 0 aliphatic carbocycles. The number of ketones is 1. The molecule has 8 nitrogen and oxygen atoms in total. The Morgan fingerprint density at radius 1 is 1.17 bits per heavy atom. The summed E-state index contributed by atoms with van der Waals surface area (Å²) in [7, 11) is 0. The van der Waals surface area contributed by atoms with E-state index in [1.54, 1.807) is 25.1 Å². The fraction of sp³-hybridized carbons (Fsp3) is 0.111. The van der Waals surface area contributed by atoms with Gasteiger partial charge < -0.3 is 14.9 Å². The van der Waals surface area contributed by atoms with Crippen molar-refractivity contribution in [1.82, 2.24) is 4.98 Å². The van der Waals surface area contributed by atoms with E-state index in [0.29, 0.717) is 11.3 Å². The smallest absolute Gasteiger partial charge is 0.350 e. The van der Waals surface area contributed by atoms with Crippen LogP contribution < -0.4 is 4.90 Å². The molecule has 1 atom stereocenters. The molecule has 4 rings (SSSR count). The number of aromatic hydroxyl groups is 1. The zero-order valence-electron chi connectivity index (χ0n) is 19.2. The third-order valence-electron chi connectivity index (χ3n) is 5.40. The summed E-state index contributed by atoms with van der Waals surface area (Å²) < 4.78 is 5.10. The highest BCUT2D eigenvalue weighted by molar-refractivity contribution is 7.17. The van der Waals surface area contributed by atoms with Crippen LogP contribution in [0.1, 0.15) is 32.5 Å². The molecule has 182 valence electrons. The van der Waals surface area contributed by atoms with Crippen LogP contribution >= 0.6 is 11.3 Å². The fourth-order valence-corrected chi connectivity index (χ4v) is 4.75. The Bertz CT molecular complexity index is 1410. The zero-order chi connectivity index (χ0) is 25.8. The first-order valence-corrected chi connectivity index (χ1v) is 11.7. The SMILES string of the molecule is C=CCOC(=O)c1sc(N2C(=O)C(O)=C(C(=O)C=Cc3ccccc3)C2c2cccc(O)c2)nc1C. The van der Waals surface area contributed by atoms with Gasteiger partial charge in [-0.3, -0.25) is 14.5 Å². The summed E-state index contributed by atoms with van der Waals surface area (Å²) in [6.07, 6.45) is 4.29. The van der Waals surface area contributed by atoms with Crippen molar-refractivity contribution in [2.45, 2.75) is 13.0 Å². The van der Waals surface area contributed by atoms with Crippen LogP contribution in [0.4, 0.5) is 5.13 Å². The number of aliphatic hydroxyl groups excluding tert-OH is 1. The van der Waals surface area contributed by atoms with Gasteiger partial charge in [0.05, 0.1) is 17.3 Å².